The Morgan fingerprint density at radius 3 is 2.91 bits per heavy atom. The summed E-state index contributed by atoms with van der Waals surface area (Å²) in [4.78, 5) is 12.3. The van der Waals surface area contributed by atoms with Gasteiger partial charge in [0.05, 0.1) is 19.8 Å². The van der Waals surface area contributed by atoms with Crippen LogP contribution in [0, 0.1) is 5.82 Å². The summed E-state index contributed by atoms with van der Waals surface area (Å²) in [6.45, 7) is 2.90. The van der Waals surface area contributed by atoms with Crippen LogP contribution in [0.25, 0.3) is 0 Å². The van der Waals surface area contributed by atoms with Crippen molar-refractivity contribution >= 4 is 5.91 Å². The Bertz CT molecular complexity index is 674. The molecule has 0 spiro atoms. The lowest BCUT2D eigenvalue weighted by atomic mass is 10.1. The van der Waals surface area contributed by atoms with Gasteiger partial charge in [0.2, 0.25) is 0 Å². The van der Waals surface area contributed by atoms with Gasteiger partial charge in [-0.3, -0.25) is 4.79 Å². The molecule has 0 aliphatic carbocycles. The molecule has 0 fully saturated rings. The van der Waals surface area contributed by atoms with Crippen LogP contribution < -0.4 is 10.1 Å². The lowest BCUT2D eigenvalue weighted by molar-refractivity contribution is 0.0936. The van der Waals surface area contributed by atoms with Crippen molar-refractivity contribution in [1.29, 1.82) is 0 Å². The number of hydrogen-bond acceptors (Lipinski definition) is 5. The maximum absolute atomic E-state index is 13.4. The van der Waals surface area contributed by atoms with E-state index in [0.29, 0.717) is 24.5 Å². The summed E-state index contributed by atoms with van der Waals surface area (Å²) in [5.41, 5.74) is 0.304. The van der Waals surface area contributed by atoms with E-state index < -0.39 is 5.82 Å². The number of aromatic nitrogens is 3. The molecule has 7 nitrogen and oxygen atoms in total. The Labute approximate surface area is 133 Å². The molecule has 0 aliphatic rings. The summed E-state index contributed by atoms with van der Waals surface area (Å²) >= 11 is 0. The number of halogens is 1. The van der Waals surface area contributed by atoms with Crippen LogP contribution in [-0.2, 0) is 11.3 Å². The van der Waals surface area contributed by atoms with E-state index in [1.807, 2.05) is 0 Å². The third-order valence-electron chi connectivity index (χ3n) is 3.33. The molecular formula is C15H19FN4O3. The molecule has 0 saturated carbocycles. The summed E-state index contributed by atoms with van der Waals surface area (Å²) in [6.07, 6.45) is 1.58. The van der Waals surface area contributed by atoms with E-state index in [1.54, 1.807) is 24.9 Å². The molecule has 0 radical (unpaired) electrons. The minimum Gasteiger partial charge on any atom is -0.494 e. The fourth-order valence-corrected chi connectivity index (χ4v) is 2.11. The molecule has 8 heteroatoms. The second kappa shape index (κ2) is 7.68. The third kappa shape index (κ3) is 4.04. The number of methoxy groups -OCH3 is 2. The van der Waals surface area contributed by atoms with Gasteiger partial charge < -0.3 is 19.4 Å². The number of carbonyl (C=O) groups is 1. The van der Waals surface area contributed by atoms with Gasteiger partial charge in [0.15, 0.2) is 17.4 Å². The van der Waals surface area contributed by atoms with Crippen LogP contribution >= 0.6 is 0 Å². The minimum absolute atomic E-state index is 0.0218. The van der Waals surface area contributed by atoms with Crippen molar-refractivity contribution < 1.29 is 18.7 Å². The highest BCUT2D eigenvalue weighted by Gasteiger charge is 2.17. The van der Waals surface area contributed by atoms with E-state index in [1.165, 1.54) is 25.3 Å². The Morgan fingerprint density at radius 2 is 2.22 bits per heavy atom. The van der Waals surface area contributed by atoms with Gasteiger partial charge in [-0.2, -0.15) is 0 Å². The maximum atomic E-state index is 13.4. The molecule has 0 saturated heterocycles. The first-order valence-corrected chi connectivity index (χ1v) is 7.07. The van der Waals surface area contributed by atoms with Crippen molar-refractivity contribution in [2.45, 2.75) is 19.5 Å². The zero-order chi connectivity index (χ0) is 16.8. The quantitative estimate of drug-likeness (QED) is 0.837. The van der Waals surface area contributed by atoms with Crippen LogP contribution in [0.5, 0.6) is 5.75 Å². The van der Waals surface area contributed by atoms with Crippen LogP contribution in [0.4, 0.5) is 4.39 Å². The molecule has 1 amide bonds. The van der Waals surface area contributed by atoms with Crippen LogP contribution in [-0.4, -0.2) is 41.5 Å². The van der Waals surface area contributed by atoms with Gasteiger partial charge in [-0.25, -0.2) is 4.39 Å². The van der Waals surface area contributed by atoms with Crippen molar-refractivity contribution in [3.8, 4) is 5.75 Å². The average molecular weight is 322 g/mol. The molecule has 2 aromatic rings. The van der Waals surface area contributed by atoms with Crippen molar-refractivity contribution in [3.05, 3.63) is 41.7 Å². The number of nitrogens with one attached hydrogen (secondary N) is 1. The molecule has 0 aliphatic heterocycles. The molecular weight excluding hydrogens is 303 g/mol. The minimum atomic E-state index is -0.517. The van der Waals surface area contributed by atoms with Gasteiger partial charge in [-0.05, 0) is 25.1 Å². The van der Waals surface area contributed by atoms with Crippen molar-refractivity contribution in [1.82, 2.24) is 20.1 Å². The smallest absolute Gasteiger partial charge is 0.251 e. The second-order valence-corrected chi connectivity index (χ2v) is 4.92. The third-order valence-corrected chi connectivity index (χ3v) is 3.33. The first kappa shape index (κ1) is 16.9. The number of amides is 1. The predicted molar refractivity (Wildman–Crippen MR) is 80.7 cm³/mol. The topological polar surface area (TPSA) is 78.3 Å². The molecule has 1 N–H and O–H groups in total. The largest absolute Gasteiger partial charge is 0.494 e. The van der Waals surface area contributed by atoms with Gasteiger partial charge >= 0.3 is 0 Å². The van der Waals surface area contributed by atoms with Crippen LogP contribution in [0.1, 0.15) is 29.1 Å². The molecule has 1 aromatic heterocycles. The highest BCUT2D eigenvalue weighted by molar-refractivity contribution is 5.94. The van der Waals surface area contributed by atoms with Gasteiger partial charge in [0, 0.05) is 19.2 Å². The maximum Gasteiger partial charge on any atom is 0.251 e. The summed E-state index contributed by atoms with van der Waals surface area (Å²) in [6, 6.07) is 3.58. The highest BCUT2D eigenvalue weighted by atomic mass is 19.1. The van der Waals surface area contributed by atoms with Crippen LogP contribution in [0.2, 0.25) is 0 Å². The lowest BCUT2D eigenvalue weighted by Crippen LogP contribution is -2.29. The van der Waals surface area contributed by atoms with Crippen molar-refractivity contribution in [2.24, 2.45) is 0 Å². The van der Waals surface area contributed by atoms with Gasteiger partial charge in [0.25, 0.3) is 5.91 Å². The summed E-state index contributed by atoms with van der Waals surface area (Å²) < 4.78 is 25.1. The van der Waals surface area contributed by atoms with E-state index in [2.05, 4.69) is 15.5 Å². The number of rotatable bonds is 7. The summed E-state index contributed by atoms with van der Waals surface area (Å²) in [5, 5.41) is 10.7. The number of benzene rings is 1. The summed E-state index contributed by atoms with van der Waals surface area (Å²) in [5.74, 6) is -0.230. The molecule has 2 rings (SSSR count). The van der Waals surface area contributed by atoms with Gasteiger partial charge in [0.1, 0.15) is 6.33 Å². The van der Waals surface area contributed by atoms with E-state index in [0.717, 1.165) is 0 Å². The SMILES string of the molecule is COCCn1cnnc1[C@H](C)NC(=O)c1ccc(F)c(OC)c1. The fraction of sp³-hybridized carbons (Fsp3) is 0.400. The van der Waals surface area contributed by atoms with Gasteiger partial charge in [-0.15, -0.1) is 10.2 Å². The van der Waals surface area contributed by atoms with Crippen molar-refractivity contribution in [2.75, 3.05) is 20.8 Å². The molecule has 23 heavy (non-hydrogen) atoms. The number of carbonyl (C=O) groups excluding carboxylic acids is 1. The molecule has 0 unspecified atom stereocenters. The molecule has 1 aromatic carbocycles. The van der Waals surface area contributed by atoms with Crippen LogP contribution in [0.3, 0.4) is 0 Å². The molecule has 1 heterocycles. The van der Waals surface area contributed by atoms with Gasteiger partial charge in [-0.1, -0.05) is 0 Å². The van der Waals surface area contributed by atoms with Crippen LogP contribution in [0.15, 0.2) is 24.5 Å². The Hall–Kier alpha value is -2.48. The number of ether oxygens (including phenoxy) is 2. The van der Waals surface area contributed by atoms with E-state index >= 15 is 0 Å². The number of nitrogens with zero attached hydrogens (tertiary/aromatic N) is 3. The first-order chi connectivity index (χ1) is 11.1. The zero-order valence-corrected chi connectivity index (χ0v) is 13.2. The lowest BCUT2D eigenvalue weighted by Gasteiger charge is -2.15. The average Bonchev–Trinajstić information content (AvgIpc) is 3.01. The summed E-state index contributed by atoms with van der Waals surface area (Å²) in [7, 11) is 2.96. The normalized spacial score (nSPS) is 12.0. The standard InChI is InChI=1S/C15H19FN4O3/c1-10(14-19-17-9-20(14)6-7-22-2)18-15(21)11-4-5-12(16)13(8-11)23-3/h4-5,8-10H,6-7H2,1-3H3,(H,18,21)/t10-/m0/s1. The molecule has 124 valence electrons. The van der Waals surface area contributed by atoms with Crippen molar-refractivity contribution in [3.63, 3.8) is 0 Å². The predicted octanol–water partition coefficient (Wildman–Crippen LogP) is 1.56. The Morgan fingerprint density at radius 1 is 1.43 bits per heavy atom. The fourth-order valence-electron chi connectivity index (χ4n) is 2.11. The Balaban J connectivity index is 2.09. The highest BCUT2D eigenvalue weighted by Crippen LogP contribution is 2.19. The molecule has 0 bridgehead atoms. The van der Waals surface area contributed by atoms with E-state index in [4.69, 9.17) is 9.47 Å². The Kier molecular flexibility index (Phi) is 5.64. The first-order valence-electron chi connectivity index (χ1n) is 7.07. The van der Waals surface area contributed by atoms with E-state index in [-0.39, 0.29) is 17.7 Å². The number of hydrogen-bond donors (Lipinski definition) is 1. The zero-order valence-electron chi connectivity index (χ0n) is 13.2. The van der Waals surface area contributed by atoms with E-state index in [9.17, 15) is 9.18 Å². The monoisotopic (exact) mass is 322 g/mol. The second-order valence-electron chi connectivity index (χ2n) is 4.92. The molecule has 1 atom stereocenters.